The molecule has 0 aliphatic rings. The van der Waals surface area contributed by atoms with Gasteiger partial charge in [-0.25, -0.2) is 0 Å². The second kappa shape index (κ2) is 5.52. The van der Waals surface area contributed by atoms with E-state index in [1.165, 1.54) is 0 Å². The molecule has 0 bridgehead atoms. The lowest BCUT2D eigenvalue weighted by atomic mass is 10.2. The van der Waals surface area contributed by atoms with Crippen LogP contribution in [-0.4, -0.2) is 12.0 Å². The molecule has 92 valence electrons. The van der Waals surface area contributed by atoms with E-state index in [4.69, 9.17) is 0 Å². The fraction of sp³-hybridized carbons (Fsp3) is 0.250. The Balaban J connectivity index is 2.73. The first-order valence-electron chi connectivity index (χ1n) is 4.97. The average Bonchev–Trinajstić information content (AvgIpc) is 2.23. The molecule has 5 heteroatoms. The van der Waals surface area contributed by atoms with Crippen LogP contribution in [0.5, 0.6) is 0 Å². The maximum absolute atomic E-state index is 12.5. The lowest BCUT2D eigenvalue weighted by molar-refractivity contribution is -0.115. The molecule has 1 aromatic rings. The summed E-state index contributed by atoms with van der Waals surface area (Å²) in [5, 5.41) is 2.22. The summed E-state index contributed by atoms with van der Waals surface area (Å²) in [7, 11) is 0. The molecule has 0 saturated carbocycles. The van der Waals surface area contributed by atoms with Gasteiger partial charge in [0.1, 0.15) is 5.70 Å². The number of carbonyl (C=O) groups excluding carboxylic acids is 1. The van der Waals surface area contributed by atoms with Gasteiger partial charge in [0, 0.05) is 12.6 Å². The zero-order valence-corrected chi connectivity index (χ0v) is 9.21. The first-order valence-corrected chi connectivity index (χ1v) is 4.97. The smallest absolute Gasteiger partial charge is 0.377 e. The summed E-state index contributed by atoms with van der Waals surface area (Å²) in [5.41, 5.74) is -0.306. The molecule has 17 heavy (non-hydrogen) atoms. The van der Waals surface area contributed by atoms with Crippen LogP contribution in [0.25, 0.3) is 0 Å². The lowest BCUT2D eigenvalue weighted by Gasteiger charge is -2.13. The van der Waals surface area contributed by atoms with E-state index >= 15 is 0 Å². The topological polar surface area (TPSA) is 29.1 Å². The van der Waals surface area contributed by atoms with Gasteiger partial charge in [0.25, 0.3) is 0 Å². The predicted molar refractivity (Wildman–Crippen MR) is 58.1 cm³/mol. The molecular formula is C12H12F3NO. The maximum atomic E-state index is 12.5. The van der Waals surface area contributed by atoms with Crippen molar-refractivity contribution in [2.45, 2.75) is 19.6 Å². The van der Waals surface area contributed by atoms with E-state index in [2.05, 4.69) is 5.32 Å². The number of carbonyl (C=O) groups is 1. The number of hydrogen-bond acceptors (Lipinski definition) is 2. The van der Waals surface area contributed by atoms with Crippen molar-refractivity contribution in [3.05, 3.63) is 47.7 Å². The van der Waals surface area contributed by atoms with Crippen LogP contribution in [-0.2, 0) is 11.3 Å². The summed E-state index contributed by atoms with van der Waals surface area (Å²) in [6, 6.07) is 8.65. The SMILES string of the molecule is CC(=O)C=C(NCc1ccccc1)C(F)(F)F. The van der Waals surface area contributed by atoms with Crippen molar-refractivity contribution < 1.29 is 18.0 Å². The van der Waals surface area contributed by atoms with Crippen LogP contribution in [0.2, 0.25) is 0 Å². The van der Waals surface area contributed by atoms with Gasteiger partial charge in [-0.15, -0.1) is 0 Å². The molecule has 0 aromatic heterocycles. The Morgan fingerprint density at radius 2 is 1.88 bits per heavy atom. The number of rotatable bonds is 4. The summed E-state index contributed by atoms with van der Waals surface area (Å²) in [4.78, 5) is 10.7. The number of alkyl halides is 3. The molecule has 2 nitrogen and oxygen atoms in total. The molecule has 1 aromatic carbocycles. The van der Waals surface area contributed by atoms with Crippen LogP contribution >= 0.6 is 0 Å². The Bertz CT molecular complexity index is 410. The van der Waals surface area contributed by atoms with Crippen LogP contribution in [0.3, 0.4) is 0 Å². The second-order valence-electron chi connectivity index (χ2n) is 3.51. The van der Waals surface area contributed by atoms with Crippen molar-refractivity contribution in [3.63, 3.8) is 0 Å². The van der Waals surface area contributed by atoms with Crippen molar-refractivity contribution in [2.24, 2.45) is 0 Å². The zero-order chi connectivity index (χ0) is 12.9. The highest BCUT2D eigenvalue weighted by atomic mass is 19.4. The third-order valence-electron chi connectivity index (χ3n) is 1.98. The van der Waals surface area contributed by atoms with Crippen LogP contribution in [0.4, 0.5) is 13.2 Å². The van der Waals surface area contributed by atoms with Crippen molar-refractivity contribution in [1.82, 2.24) is 5.32 Å². The fourth-order valence-electron chi connectivity index (χ4n) is 1.23. The average molecular weight is 243 g/mol. The zero-order valence-electron chi connectivity index (χ0n) is 9.21. The Morgan fingerprint density at radius 1 is 1.29 bits per heavy atom. The normalized spacial score (nSPS) is 12.4. The number of ketones is 1. The Morgan fingerprint density at radius 3 is 2.35 bits per heavy atom. The van der Waals surface area contributed by atoms with Gasteiger partial charge in [0.05, 0.1) is 0 Å². The van der Waals surface area contributed by atoms with Crippen molar-refractivity contribution in [3.8, 4) is 0 Å². The number of hydrogen-bond donors (Lipinski definition) is 1. The van der Waals surface area contributed by atoms with Gasteiger partial charge in [-0.3, -0.25) is 4.79 Å². The van der Waals surface area contributed by atoms with E-state index in [9.17, 15) is 18.0 Å². The molecule has 0 atom stereocenters. The molecule has 1 N–H and O–H groups in total. The molecule has 0 saturated heterocycles. The van der Waals surface area contributed by atoms with Crippen LogP contribution in [0.15, 0.2) is 42.1 Å². The number of nitrogens with one attached hydrogen (secondary N) is 1. The largest absolute Gasteiger partial charge is 0.431 e. The van der Waals surface area contributed by atoms with E-state index < -0.39 is 17.7 Å². The Hall–Kier alpha value is -1.78. The van der Waals surface area contributed by atoms with Gasteiger partial charge in [-0.2, -0.15) is 13.2 Å². The van der Waals surface area contributed by atoms with Gasteiger partial charge in [0.2, 0.25) is 0 Å². The number of halogens is 3. The highest BCUT2D eigenvalue weighted by Crippen LogP contribution is 2.23. The molecule has 0 heterocycles. The minimum Gasteiger partial charge on any atom is -0.377 e. The Kier molecular flexibility index (Phi) is 4.31. The lowest BCUT2D eigenvalue weighted by Crippen LogP contribution is -2.26. The van der Waals surface area contributed by atoms with Gasteiger partial charge in [0.15, 0.2) is 5.78 Å². The van der Waals surface area contributed by atoms with E-state index in [0.717, 1.165) is 6.92 Å². The predicted octanol–water partition coefficient (Wildman–Crippen LogP) is 2.81. The summed E-state index contributed by atoms with van der Waals surface area (Å²) in [6.07, 6.45) is -3.98. The fourth-order valence-corrected chi connectivity index (χ4v) is 1.23. The van der Waals surface area contributed by atoms with Gasteiger partial charge in [-0.1, -0.05) is 30.3 Å². The summed E-state index contributed by atoms with van der Waals surface area (Å²) in [5.74, 6) is -0.641. The molecule has 0 aliphatic heterocycles. The molecular weight excluding hydrogens is 231 g/mol. The number of benzene rings is 1. The minimum absolute atomic E-state index is 0.0272. The first kappa shape index (κ1) is 13.3. The summed E-state index contributed by atoms with van der Waals surface area (Å²) >= 11 is 0. The summed E-state index contributed by atoms with van der Waals surface area (Å²) < 4.78 is 37.5. The Labute approximate surface area is 97.1 Å². The first-order chi connectivity index (χ1) is 7.89. The van der Waals surface area contributed by atoms with E-state index in [1.807, 2.05) is 0 Å². The third-order valence-corrected chi connectivity index (χ3v) is 1.98. The van der Waals surface area contributed by atoms with E-state index in [-0.39, 0.29) is 6.54 Å². The molecule has 1 rings (SSSR count). The second-order valence-corrected chi connectivity index (χ2v) is 3.51. The quantitative estimate of drug-likeness (QED) is 0.824. The van der Waals surface area contributed by atoms with Crippen molar-refractivity contribution in [2.75, 3.05) is 0 Å². The molecule has 0 aliphatic carbocycles. The van der Waals surface area contributed by atoms with Gasteiger partial charge >= 0.3 is 6.18 Å². The van der Waals surface area contributed by atoms with E-state index in [0.29, 0.717) is 11.6 Å². The van der Waals surface area contributed by atoms with Gasteiger partial charge in [-0.05, 0) is 12.5 Å². The molecule has 0 unspecified atom stereocenters. The van der Waals surface area contributed by atoms with Crippen LogP contribution in [0.1, 0.15) is 12.5 Å². The third kappa shape index (κ3) is 4.72. The monoisotopic (exact) mass is 243 g/mol. The van der Waals surface area contributed by atoms with Crippen LogP contribution in [0, 0.1) is 0 Å². The van der Waals surface area contributed by atoms with Crippen molar-refractivity contribution >= 4 is 5.78 Å². The van der Waals surface area contributed by atoms with Crippen molar-refractivity contribution in [1.29, 1.82) is 0 Å². The molecule has 0 amide bonds. The van der Waals surface area contributed by atoms with E-state index in [1.54, 1.807) is 30.3 Å². The highest BCUT2D eigenvalue weighted by molar-refractivity contribution is 5.88. The standard InChI is InChI=1S/C12H12F3NO/c1-9(17)7-11(12(13,14)15)16-8-10-5-3-2-4-6-10/h2-7,16H,8H2,1H3. The molecule has 0 fully saturated rings. The van der Waals surface area contributed by atoms with Crippen LogP contribution < -0.4 is 5.32 Å². The summed E-state index contributed by atoms with van der Waals surface area (Å²) in [6.45, 7) is 1.11. The highest BCUT2D eigenvalue weighted by Gasteiger charge is 2.33. The maximum Gasteiger partial charge on any atom is 0.431 e. The molecule has 0 radical (unpaired) electrons. The molecule has 0 spiro atoms. The van der Waals surface area contributed by atoms with Gasteiger partial charge < -0.3 is 5.32 Å². The number of allylic oxidation sites excluding steroid dienone is 2. The minimum atomic E-state index is -4.54.